The zero-order valence-corrected chi connectivity index (χ0v) is 18.8. The number of alkyl halides is 1. The fourth-order valence-corrected chi connectivity index (χ4v) is 126. The molecule has 1 spiro atoms. The zero-order chi connectivity index (χ0) is 17.4. The van der Waals surface area contributed by atoms with Crippen molar-refractivity contribution in [2.45, 2.75) is 58.6 Å². The van der Waals surface area contributed by atoms with Gasteiger partial charge in [0.15, 0.2) is 0 Å². The van der Waals surface area contributed by atoms with E-state index in [2.05, 4.69) is 67.6 Å². The second kappa shape index (κ2) is 1.48. The van der Waals surface area contributed by atoms with E-state index in [-0.39, 0.29) is 7.92 Å². The SMILES string of the molecule is CC[C]12[CH]3[CH]4[C]5(P(c6ccccc6)c6ccccc6)[C]1(Br)[Fe]34251678[CH]2[CH]1[CH]6[CH]7[CH]28. The maximum absolute atomic E-state index is 4.82. The molecule has 10 saturated heterocycles. The van der Waals surface area contributed by atoms with E-state index in [9.17, 15) is 0 Å². The summed E-state index contributed by atoms with van der Waals surface area (Å²) in [7, 11) is -0.201. The topological polar surface area (TPSA) is 0 Å². The summed E-state index contributed by atoms with van der Waals surface area (Å²) in [4.78, 5) is 9.28. The monoisotopic (exact) mass is 476 g/mol. The van der Waals surface area contributed by atoms with Gasteiger partial charge in [-0.05, 0) is 0 Å². The van der Waals surface area contributed by atoms with Crippen LogP contribution in [0.3, 0.4) is 0 Å². The van der Waals surface area contributed by atoms with Crippen LogP contribution < -0.4 is 10.6 Å². The Morgan fingerprint density at radius 3 is 1.63 bits per heavy atom. The van der Waals surface area contributed by atoms with Crippen molar-refractivity contribution in [2.75, 3.05) is 0 Å². The van der Waals surface area contributed by atoms with Gasteiger partial charge in [-0.2, -0.15) is 0 Å². The molecule has 10 aliphatic heterocycles. The number of hydrogen-bond acceptors (Lipinski definition) is 0. The van der Waals surface area contributed by atoms with Gasteiger partial charge in [-0.15, -0.1) is 0 Å². The van der Waals surface area contributed by atoms with E-state index in [0.717, 1.165) is 8.37 Å². The molecule has 2 aromatic rings. The molecule has 0 bridgehead atoms. The van der Waals surface area contributed by atoms with Gasteiger partial charge >= 0.3 is 160 Å². The minimum absolute atomic E-state index is 0.201. The van der Waals surface area contributed by atoms with Crippen molar-refractivity contribution < 1.29 is 6.51 Å². The molecule has 10 aliphatic rings. The van der Waals surface area contributed by atoms with Crippen LogP contribution in [0.25, 0.3) is 0 Å². The van der Waals surface area contributed by atoms with Gasteiger partial charge in [0, 0.05) is 0 Å². The third-order valence-corrected chi connectivity index (χ3v) is 76.3. The number of rotatable bonds is 4. The quantitative estimate of drug-likeness (QED) is 0.268. The zero-order valence-electron chi connectivity index (χ0n) is 15.2. The Morgan fingerprint density at radius 1 is 0.815 bits per heavy atom. The van der Waals surface area contributed by atoms with E-state index in [4.69, 9.17) is 15.9 Å². The van der Waals surface area contributed by atoms with E-state index in [0.29, 0.717) is 3.22 Å². The fraction of sp³-hybridized carbons (Fsp3) is 0.500. The first kappa shape index (κ1) is 12.5. The number of halogens is 1. The molecule has 5 unspecified atom stereocenters. The van der Waals surface area contributed by atoms with Gasteiger partial charge in [0.2, 0.25) is 0 Å². The van der Waals surface area contributed by atoms with Gasteiger partial charge in [-0.25, -0.2) is 0 Å². The van der Waals surface area contributed by atoms with Crippen LogP contribution in [0, 0.1) is 0 Å². The van der Waals surface area contributed by atoms with E-state index in [1.807, 2.05) is 0 Å². The summed E-state index contributed by atoms with van der Waals surface area (Å²) in [5.74, 6) is 0. The molecule has 2 aromatic carbocycles. The summed E-state index contributed by atoms with van der Waals surface area (Å²) in [6.45, 7) is -0.917. The summed E-state index contributed by atoms with van der Waals surface area (Å²) < 4.78 is 2.42. The minimum atomic E-state index is -3.52. The summed E-state index contributed by atoms with van der Waals surface area (Å²) in [6.07, 6.45) is 1.54. The Balaban J connectivity index is 1.32. The third-order valence-electron chi connectivity index (χ3n) is 17.9. The predicted octanol–water partition coefficient (Wildman–Crippen LogP) is 6.50. The first-order valence-corrected chi connectivity index (χ1v) is 19.0. The van der Waals surface area contributed by atoms with Gasteiger partial charge in [-0.3, -0.25) is 0 Å². The fourth-order valence-electron chi connectivity index (χ4n) is 20.2. The normalized spacial score (nSPS) is 84.9. The van der Waals surface area contributed by atoms with Crippen molar-refractivity contribution in [1.82, 2.24) is 0 Å². The molecule has 3 heteroatoms. The van der Waals surface area contributed by atoms with Crippen molar-refractivity contribution in [3.05, 3.63) is 60.7 Å². The van der Waals surface area contributed by atoms with Crippen LogP contribution in [0.1, 0.15) is 13.3 Å². The van der Waals surface area contributed by atoms with Crippen molar-refractivity contribution >= 4 is 34.5 Å². The van der Waals surface area contributed by atoms with Crippen LogP contribution in [-0.2, 0) is 6.51 Å². The van der Waals surface area contributed by atoms with Crippen molar-refractivity contribution in [2.24, 2.45) is 0 Å². The van der Waals surface area contributed by atoms with Crippen molar-refractivity contribution in [1.29, 1.82) is 0 Å². The molecule has 5 atom stereocenters. The Hall–Kier alpha value is -0.131. The van der Waals surface area contributed by atoms with Crippen LogP contribution in [0.4, 0.5) is 0 Å². The first-order chi connectivity index (χ1) is 13.0. The molecule has 10 fully saturated rings. The van der Waals surface area contributed by atoms with Gasteiger partial charge in [0.1, 0.15) is 0 Å². The molecule has 27 heavy (non-hydrogen) atoms. The van der Waals surface area contributed by atoms with Gasteiger partial charge in [-0.1, -0.05) is 0 Å². The molecule has 0 nitrogen and oxygen atoms in total. The molecule has 0 radical (unpaired) electrons. The van der Waals surface area contributed by atoms with Crippen molar-refractivity contribution in [3.63, 3.8) is 0 Å². The Morgan fingerprint density at radius 2 is 1.30 bits per heavy atom. The predicted molar refractivity (Wildman–Crippen MR) is 113 cm³/mol. The Kier molecular flexibility index (Phi) is 0.689. The molecule has 0 N–H and O–H groups in total. The summed E-state index contributed by atoms with van der Waals surface area (Å²) in [5, 5.41) is 3.41. The Labute approximate surface area is 159 Å². The average Bonchev–Trinajstić information content (AvgIpc) is 3.67. The molecule has 12 rings (SSSR count). The van der Waals surface area contributed by atoms with E-state index in [1.165, 1.54) is 33.7 Å². The molecule has 0 amide bonds. The second-order valence-electron chi connectivity index (χ2n) is 13.2. The second-order valence-corrected chi connectivity index (χ2v) is 40.9. The first-order valence-electron chi connectivity index (χ1n) is 10.8. The maximum atomic E-state index is 4.82. The van der Waals surface area contributed by atoms with Gasteiger partial charge < -0.3 is 0 Å². The van der Waals surface area contributed by atoms with E-state index in [1.54, 1.807) is 17.0 Å². The molecule has 0 aromatic heterocycles. The van der Waals surface area contributed by atoms with E-state index < -0.39 is 6.51 Å². The summed E-state index contributed by atoms with van der Waals surface area (Å²) in [6, 6.07) is 23.7. The summed E-state index contributed by atoms with van der Waals surface area (Å²) in [5.41, 5.74) is 0. The Bertz CT molecular complexity index is 1540. The van der Waals surface area contributed by atoms with Crippen LogP contribution >= 0.6 is 23.9 Å². The molecule has 138 valence electrons. The van der Waals surface area contributed by atoms with Gasteiger partial charge in [0.05, 0.1) is 0 Å². The molecular formula is C24H22BrFeP. The van der Waals surface area contributed by atoms with Gasteiger partial charge in [0.25, 0.3) is 0 Å². The molecular weight excluding hydrogens is 455 g/mol. The van der Waals surface area contributed by atoms with Crippen LogP contribution in [0.2, 0.25) is 38.0 Å². The average molecular weight is 477 g/mol. The molecule has 0 saturated carbocycles. The summed E-state index contributed by atoms with van der Waals surface area (Å²) >= 11 is 4.82. The van der Waals surface area contributed by atoms with Crippen molar-refractivity contribution in [3.8, 4) is 0 Å². The molecule has 0 aliphatic carbocycles. The van der Waals surface area contributed by atoms with Crippen LogP contribution in [-0.4, -0.2) is 7.28 Å². The standard InChI is InChI=1S/C19H17BrP.C5H5.Fe/c1-2-15-13-14-18(19(15)20)21(16-9-5-3-6-10-16)17-11-7-4-8-12-17;1-2-4-5-3-1;/h3-14H,2H2,1H3;1-5H;. The number of benzene rings is 2. The molecule has 10 heterocycles. The number of fused-ring (bicyclic) bond motifs is 10. The van der Waals surface area contributed by atoms with Crippen LogP contribution in [0.15, 0.2) is 60.7 Å². The van der Waals surface area contributed by atoms with Crippen LogP contribution in [0.5, 0.6) is 0 Å². The third kappa shape index (κ3) is 0.197. The number of hydrogen-bond donors (Lipinski definition) is 0. The van der Waals surface area contributed by atoms with E-state index >= 15 is 0 Å².